The summed E-state index contributed by atoms with van der Waals surface area (Å²) in [6, 6.07) is 0. The maximum Gasteiger partial charge on any atom is 0.186 e. The monoisotopic (exact) mass is 358 g/mol. The van der Waals surface area contributed by atoms with Gasteiger partial charge in [-0.1, -0.05) is 0 Å². The molecule has 0 spiro atoms. The quantitative estimate of drug-likeness (QED) is 0.242. The molecule has 2 aliphatic heterocycles. The van der Waals surface area contributed by atoms with Crippen LogP contribution in [-0.4, -0.2) is 114 Å². The Hall–Kier alpha value is -0.0500. The van der Waals surface area contributed by atoms with Gasteiger partial charge in [-0.15, -0.1) is 11.8 Å². The van der Waals surface area contributed by atoms with Crippen LogP contribution in [0.2, 0.25) is 0 Å². The molecule has 0 radical (unpaired) electrons. The molecule has 2 fully saturated rings. The van der Waals surface area contributed by atoms with Crippen LogP contribution in [-0.2, 0) is 9.47 Å². The largest absolute Gasteiger partial charge is 0.394 e. The SMILES string of the molecule is OC[C@@H]1O[C@H](OC[C@H]2S[C@H](O)[C@H](O)[C@@H](O)[C@@H]2O)[C@@H](O)[C@@H](O)[C@@H]1O. The van der Waals surface area contributed by atoms with Crippen molar-refractivity contribution in [1.82, 2.24) is 0 Å². The molecular weight excluding hydrogens is 336 g/mol. The lowest BCUT2D eigenvalue weighted by atomic mass is 9.99. The molecule has 10 nitrogen and oxygen atoms in total. The Labute approximate surface area is 135 Å². The van der Waals surface area contributed by atoms with E-state index in [0.29, 0.717) is 0 Å². The standard InChI is InChI=1S/C12H22O10S/c13-1-3-5(14)7(16)10(19)12(22-3)21-2-4-6(15)8(17)9(18)11(20)23-4/h3-20H,1-2H2/t3-,4+,5+,6+,7-,8-,9+,10-,11-,12-/m0/s1. The van der Waals surface area contributed by atoms with Crippen LogP contribution in [0.1, 0.15) is 0 Å². The number of rotatable bonds is 4. The Morgan fingerprint density at radius 2 is 1.39 bits per heavy atom. The summed E-state index contributed by atoms with van der Waals surface area (Å²) in [5.41, 5.74) is -1.32. The van der Waals surface area contributed by atoms with Crippen LogP contribution < -0.4 is 0 Å². The number of hydrogen-bond acceptors (Lipinski definition) is 11. The number of ether oxygens (including phenoxy) is 2. The molecule has 23 heavy (non-hydrogen) atoms. The van der Waals surface area contributed by atoms with Gasteiger partial charge in [0.2, 0.25) is 0 Å². The molecule has 0 aromatic heterocycles. The van der Waals surface area contributed by atoms with Crippen molar-refractivity contribution in [3.8, 4) is 0 Å². The highest BCUT2D eigenvalue weighted by atomic mass is 32.2. The second-order valence-corrected chi connectivity index (χ2v) is 6.93. The molecule has 0 aliphatic carbocycles. The van der Waals surface area contributed by atoms with Gasteiger partial charge in [-0.2, -0.15) is 0 Å². The summed E-state index contributed by atoms with van der Waals surface area (Å²) in [5, 5.41) is 75.8. The maximum absolute atomic E-state index is 9.86. The predicted molar refractivity (Wildman–Crippen MR) is 75.1 cm³/mol. The predicted octanol–water partition coefficient (Wildman–Crippen LogP) is -4.68. The molecule has 0 aromatic carbocycles. The topological polar surface area (TPSA) is 180 Å². The normalized spacial score (nSPS) is 51.7. The first kappa shape index (κ1) is 19.3. The van der Waals surface area contributed by atoms with Gasteiger partial charge in [-0.25, -0.2) is 0 Å². The lowest BCUT2D eigenvalue weighted by molar-refractivity contribution is -0.301. The van der Waals surface area contributed by atoms with E-state index in [9.17, 15) is 35.7 Å². The molecule has 10 atom stereocenters. The Morgan fingerprint density at radius 3 is 2.00 bits per heavy atom. The zero-order chi connectivity index (χ0) is 17.3. The average Bonchev–Trinajstić information content (AvgIpc) is 2.54. The minimum Gasteiger partial charge on any atom is -0.394 e. The lowest BCUT2D eigenvalue weighted by Gasteiger charge is -2.41. The molecule has 0 unspecified atom stereocenters. The van der Waals surface area contributed by atoms with Crippen molar-refractivity contribution in [3.63, 3.8) is 0 Å². The molecule has 2 heterocycles. The van der Waals surface area contributed by atoms with Crippen LogP contribution in [0.25, 0.3) is 0 Å². The lowest BCUT2D eigenvalue weighted by Crippen LogP contribution is -2.60. The Kier molecular flexibility index (Phi) is 6.61. The summed E-state index contributed by atoms with van der Waals surface area (Å²) in [6.07, 6.45) is -11.6. The van der Waals surface area contributed by atoms with Gasteiger partial charge in [0.1, 0.15) is 42.1 Å². The van der Waals surface area contributed by atoms with Gasteiger partial charge in [-0.05, 0) is 0 Å². The van der Waals surface area contributed by atoms with E-state index in [1.165, 1.54) is 0 Å². The van der Waals surface area contributed by atoms with Crippen molar-refractivity contribution >= 4 is 11.8 Å². The summed E-state index contributed by atoms with van der Waals surface area (Å²) < 4.78 is 10.4. The first-order valence-corrected chi connectivity index (χ1v) is 8.02. The summed E-state index contributed by atoms with van der Waals surface area (Å²) >= 11 is 0.776. The van der Waals surface area contributed by atoms with Gasteiger partial charge in [0.15, 0.2) is 6.29 Å². The van der Waals surface area contributed by atoms with E-state index < -0.39 is 66.3 Å². The fourth-order valence-corrected chi connectivity index (χ4v) is 3.62. The molecule has 2 saturated heterocycles. The molecule has 11 heteroatoms. The summed E-state index contributed by atoms with van der Waals surface area (Å²) in [5.74, 6) is 0. The van der Waals surface area contributed by atoms with Crippen molar-refractivity contribution in [2.75, 3.05) is 13.2 Å². The molecule has 136 valence electrons. The van der Waals surface area contributed by atoms with E-state index in [1.54, 1.807) is 0 Å². The Balaban J connectivity index is 1.94. The van der Waals surface area contributed by atoms with E-state index in [0.717, 1.165) is 11.8 Å². The number of aliphatic hydroxyl groups is 8. The minimum atomic E-state index is -1.59. The van der Waals surface area contributed by atoms with Crippen LogP contribution in [0.4, 0.5) is 0 Å². The first-order valence-electron chi connectivity index (χ1n) is 7.07. The summed E-state index contributed by atoms with van der Waals surface area (Å²) in [6.45, 7) is -0.884. The molecule has 2 aliphatic rings. The molecule has 2 rings (SSSR count). The fourth-order valence-electron chi connectivity index (χ4n) is 2.46. The number of thioether (sulfide) groups is 1. The van der Waals surface area contributed by atoms with E-state index in [2.05, 4.69) is 0 Å². The molecule has 0 saturated carbocycles. The van der Waals surface area contributed by atoms with Crippen LogP contribution in [0, 0.1) is 0 Å². The third kappa shape index (κ3) is 3.96. The first-order chi connectivity index (χ1) is 10.8. The fraction of sp³-hybridized carbons (Fsp3) is 1.00. The average molecular weight is 358 g/mol. The van der Waals surface area contributed by atoms with Gasteiger partial charge in [0, 0.05) is 0 Å². The van der Waals surface area contributed by atoms with Gasteiger partial charge in [0.05, 0.1) is 24.6 Å². The van der Waals surface area contributed by atoms with Crippen LogP contribution >= 0.6 is 11.8 Å². The van der Waals surface area contributed by atoms with Crippen molar-refractivity contribution in [2.45, 2.75) is 59.7 Å². The van der Waals surface area contributed by atoms with Gasteiger partial charge in [-0.3, -0.25) is 0 Å². The van der Waals surface area contributed by atoms with Gasteiger partial charge < -0.3 is 50.3 Å². The second-order valence-electron chi connectivity index (χ2n) is 5.57. The third-order valence-electron chi connectivity index (χ3n) is 3.96. The number of hydrogen-bond donors (Lipinski definition) is 8. The van der Waals surface area contributed by atoms with Crippen LogP contribution in [0.15, 0.2) is 0 Å². The molecule has 0 bridgehead atoms. The second kappa shape index (κ2) is 7.89. The third-order valence-corrected chi connectivity index (χ3v) is 5.28. The highest BCUT2D eigenvalue weighted by Gasteiger charge is 2.46. The van der Waals surface area contributed by atoms with Crippen LogP contribution in [0.5, 0.6) is 0 Å². The van der Waals surface area contributed by atoms with Crippen molar-refractivity contribution in [1.29, 1.82) is 0 Å². The Bertz CT molecular complexity index is 385. The maximum atomic E-state index is 9.86. The molecular formula is C12H22O10S. The number of aliphatic hydroxyl groups excluding tert-OH is 8. The summed E-state index contributed by atoms with van der Waals surface area (Å²) in [7, 11) is 0. The van der Waals surface area contributed by atoms with E-state index in [1.807, 2.05) is 0 Å². The molecule has 0 amide bonds. The highest BCUT2D eigenvalue weighted by molar-refractivity contribution is 8.00. The zero-order valence-corrected chi connectivity index (χ0v) is 12.8. The molecule has 0 aromatic rings. The zero-order valence-electron chi connectivity index (χ0n) is 12.0. The van der Waals surface area contributed by atoms with Crippen molar-refractivity contribution < 1.29 is 50.3 Å². The van der Waals surface area contributed by atoms with E-state index in [-0.39, 0.29) is 6.61 Å². The smallest absolute Gasteiger partial charge is 0.186 e. The van der Waals surface area contributed by atoms with Crippen molar-refractivity contribution in [3.05, 3.63) is 0 Å². The highest BCUT2D eigenvalue weighted by Crippen LogP contribution is 2.32. The van der Waals surface area contributed by atoms with E-state index in [4.69, 9.17) is 14.6 Å². The minimum absolute atomic E-state index is 0.282. The van der Waals surface area contributed by atoms with E-state index >= 15 is 0 Å². The van der Waals surface area contributed by atoms with Gasteiger partial charge in [0.25, 0.3) is 0 Å². The van der Waals surface area contributed by atoms with Crippen molar-refractivity contribution in [2.24, 2.45) is 0 Å². The van der Waals surface area contributed by atoms with Gasteiger partial charge >= 0.3 is 0 Å². The molecule has 8 N–H and O–H groups in total. The summed E-state index contributed by atoms with van der Waals surface area (Å²) in [4.78, 5) is 0. The van der Waals surface area contributed by atoms with Crippen LogP contribution in [0.3, 0.4) is 0 Å². The Morgan fingerprint density at radius 1 is 0.783 bits per heavy atom.